The largest absolute Gasteiger partial charge is 0.466 e. The highest BCUT2D eigenvalue weighted by molar-refractivity contribution is 5.93. The van der Waals surface area contributed by atoms with Gasteiger partial charge in [-0.15, -0.1) is 0 Å². The number of aromatic nitrogens is 1. The van der Waals surface area contributed by atoms with Crippen LogP contribution >= 0.6 is 0 Å². The lowest BCUT2D eigenvalue weighted by atomic mass is 9.98. The summed E-state index contributed by atoms with van der Waals surface area (Å²) in [6.45, 7) is 3.41. The van der Waals surface area contributed by atoms with E-state index in [0.717, 1.165) is 37.9 Å². The van der Waals surface area contributed by atoms with E-state index in [1.807, 2.05) is 25.3 Å². The van der Waals surface area contributed by atoms with Crippen molar-refractivity contribution in [1.82, 2.24) is 9.47 Å². The zero-order chi connectivity index (χ0) is 14.8. The Balaban J connectivity index is 1.69. The molecule has 5 nitrogen and oxygen atoms in total. The first kappa shape index (κ1) is 14.2. The molecule has 0 bridgehead atoms. The van der Waals surface area contributed by atoms with Crippen LogP contribution in [-0.2, 0) is 9.53 Å². The van der Waals surface area contributed by atoms with E-state index >= 15 is 0 Å². The molecule has 2 fully saturated rings. The van der Waals surface area contributed by atoms with Crippen molar-refractivity contribution >= 4 is 11.9 Å². The minimum atomic E-state index is -0.174. The van der Waals surface area contributed by atoms with Gasteiger partial charge in [-0.3, -0.25) is 9.59 Å². The van der Waals surface area contributed by atoms with Gasteiger partial charge in [0.2, 0.25) is 0 Å². The van der Waals surface area contributed by atoms with Gasteiger partial charge in [-0.2, -0.15) is 0 Å². The molecule has 5 heteroatoms. The average molecular weight is 290 g/mol. The average Bonchev–Trinajstić information content (AvgIpc) is 3.24. The van der Waals surface area contributed by atoms with E-state index in [2.05, 4.69) is 4.57 Å². The maximum Gasteiger partial charge on any atom is 0.310 e. The maximum absolute atomic E-state index is 12.7. The highest BCUT2D eigenvalue weighted by Gasteiger charge is 2.32. The molecular weight excluding hydrogens is 268 g/mol. The fourth-order valence-electron chi connectivity index (χ4n) is 3.02. The molecule has 0 spiro atoms. The molecule has 0 unspecified atom stereocenters. The zero-order valence-electron chi connectivity index (χ0n) is 12.5. The molecule has 1 atom stereocenters. The van der Waals surface area contributed by atoms with Crippen molar-refractivity contribution in [2.45, 2.75) is 38.6 Å². The number of ether oxygens (including phenoxy) is 1. The summed E-state index contributed by atoms with van der Waals surface area (Å²) in [5.41, 5.74) is 0.752. The number of piperidine rings is 1. The second kappa shape index (κ2) is 5.92. The summed E-state index contributed by atoms with van der Waals surface area (Å²) in [4.78, 5) is 26.4. The molecular formula is C16H22N2O3. The number of carbonyl (C=O) groups is 2. The Morgan fingerprint density at radius 2 is 2.14 bits per heavy atom. The number of carbonyl (C=O) groups excluding carboxylic acids is 2. The summed E-state index contributed by atoms with van der Waals surface area (Å²) in [6.07, 6.45) is 5.96. The van der Waals surface area contributed by atoms with E-state index in [0.29, 0.717) is 19.2 Å². The van der Waals surface area contributed by atoms with Gasteiger partial charge < -0.3 is 14.2 Å². The Bertz CT molecular complexity index is 533. The molecule has 114 valence electrons. The molecule has 3 rings (SSSR count). The Labute approximate surface area is 124 Å². The predicted octanol–water partition coefficient (Wildman–Crippen LogP) is 2.24. The third kappa shape index (κ3) is 2.96. The summed E-state index contributed by atoms with van der Waals surface area (Å²) in [5.74, 6) is -0.305. The van der Waals surface area contributed by atoms with Crippen LogP contribution in [0.5, 0.6) is 0 Å². The van der Waals surface area contributed by atoms with Gasteiger partial charge in [0, 0.05) is 25.3 Å². The fourth-order valence-corrected chi connectivity index (χ4v) is 3.02. The molecule has 1 aliphatic heterocycles. The summed E-state index contributed by atoms with van der Waals surface area (Å²) in [5, 5.41) is 0. The highest BCUT2D eigenvalue weighted by Crippen LogP contribution is 2.36. The number of hydrogen-bond donors (Lipinski definition) is 0. The number of rotatable bonds is 4. The summed E-state index contributed by atoms with van der Waals surface area (Å²) >= 11 is 0. The van der Waals surface area contributed by atoms with Crippen molar-refractivity contribution in [3.63, 3.8) is 0 Å². The molecule has 1 aliphatic carbocycles. The molecule has 21 heavy (non-hydrogen) atoms. The molecule has 1 aromatic heterocycles. The third-order valence-electron chi connectivity index (χ3n) is 4.27. The lowest BCUT2D eigenvalue weighted by molar-refractivity contribution is -0.149. The first-order valence-corrected chi connectivity index (χ1v) is 7.83. The van der Waals surface area contributed by atoms with E-state index in [9.17, 15) is 9.59 Å². The van der Waals surface area contributed by atoms with Gasteiger partial charge in [-0.1, -0.05) is 0 Å². The fraction of sp³-hybridized carbons (Fsp3) is 0.625. The van der Waals surface area contributed by atoms with Crippen molar-refractivity contribution in [1.29, 1.82) is 0 Å². The minimum Gasteiger partial charge on any atom is -0.466 e. The predicted molar refractivity (Wildman–Crippen MR) is 78.0 cm³/mol. The number of nitrogens with zero attached hydrogens (tertiary/aromatic N) is 2. The summed E-state index contributed by atoms with van der Waals surface area (Å²) in [6, 6.07) is 4.30. The van der Waals surface area contributed by atoms with Crippen LogP contribution in [0, 0.1) is 5.92 Å². The van der Waals surface area contributed by atoms with Crippen LogP contribution in [0.25, 0.3) is 0 Å². The lowest BCUT2D eigenvalue weighted by Crippen LogP contribution is -2.43. The monoisotopic (exact) mass is 290 g/mol. The second-order valence-electron chi connectivity index (χ2n) is 5.87. The molecule has 2 heterocycles. The van der Waals surface area contributed by atoms with Gasteiger partial charge in [-0.25, -0.2) is 0 Å². The van der Waals surface area contributed by atoms with E-state index in [4.69, 9.17) is 4.74 Å². The Kier molecular flexibility index (Phi) is 3.99. The smallest absolute Gasteiger partial charge is 0.310 e. The molecule has 2 aliphatic rings. The molecule has 1 saturated heterocycles. The Hall–Kier alpha value is -1.78. The standard InChI is InChI=1S/C16H22N2O3/c1-2-21-16(20)12-5-3-9-17(11-12)15(19)14-6-4-10-18(14)13-7-8-13/h4,6,10,12-13H,2-3,5,7-9,11H2,1H3/t12-/m1/s1. The van der Waals surface area contributed by atoms with Crippen molar-refractivity contribution in [2.24, 2.45) is 5.92 Å². The van der Waals surface area contributed by atoms with Crippen LogP contribution in [0.15, 0.2) is 18.3 Å². The van der Waals surface area contributed by atoms with Crippen molar-refractivity contribution in [3.05, 3.63) is 24.0 Å². The van der Waals surface area contributed by atoms with Gasteiger partial charge in [-0.05, 0) is 44.7 Å². The number of likely N-dealkylation sites (tertiary alicyclic amines) is 1. The number of amides is 1. The van der Waals surface area contributed by atoms with Crippen LogP contribution < -0.4 is 0 Å². The zero-order valence-corrected chi connectivity index (χ0v) is 12.5. The molecule has 0 aromatic carbocycles. The Morgan fingerprint density at radius 1 is 1.33 bits per heavy atom. The van der Waals surface area contributed by atoms with Crippen molar-refractivity contribution < 1.29 is 14.3 Å². The van der Waals surface area contributed by atoms with Crippen LogP contribution in [0.2, 0.25) is 0 Å². The van der Waals surface area contributed by atoms with E-state index in [1.165, 1.54) is 0 Å². The highest BCUT2D eigenvalue weighted by atomic mass is 16.5. The van der Waals surface area contributed by atoms with Crippen LogP contribution in [0.1, 0.15) is 49.1 Å². The maximum atomic E-state index is 12.7. The minimum absolute atomic E-state index is 0.0425. The molecule has 1 saturated carbocycles. The van der Waals surface area contributed by atoms with Crippen LogP contribution in [0.3, 0.4) is 0 Å². The molecule has 1 amide bonds. The van der Waals surface area contributed by atoms with Gasteiger partial charge >= 0.3 is 5.97 Å². The first-order valence-electron chi connectivity index (χ1n) is 7.83. The molecule has 0 N–H and O–H groups in total. The topological polar surface area (TPSA) is 51.5 Å². The van der Waals surface area contributed by atoms with Crippen LogP contribution in [-0.4, -0.2) is 41.0 Å². The van der Waals surface area contributed by atoms with E-state index in [1.54, 1.807) is 4.90 Å². The van der Waals surface area contributed by atoms with Crippen LogP contribution in [0.4, 0.5) is 0 Å². The first-order chi connectivity index (χ1) is 10.2. The van der Waals surface area contributed by atoms with Gasteiger partial charge in [0.25, 0.3) is 5.91 Å². The van der Waals surface area contributed by atoms with E-state index in [-0.39, 0.29) is 17.8 Å². The molecule has 1 aromatic rings. The molecule has 0 radical (unpaired) electrons. The second-order valence-corrected chi connectivity index (χ2v) is 5.87. The van der Waals surface area contributed by atoms with E-state index < -0.39 is 0 Å². The van der Waals surface area contributed by atoms with Crippen molar-refractivity contribution in [3.8, 4) is 0 Å². The quantitative estimate of drug-likeness (QED) is 0.799. The Morgan fingerprint density at radius 3 is 2.86 bits per heavy atom. The third-order valence-corrected chi connectivity index (χ3v) is 4.27. The normalized spacial score (nSPS) is 22.1. The number of hydrogen-bond acceptors (Lipinski definition) is 3. The number of esters is 1. The van der Waals surface area contributed by atoms with Crippen molar-refractivity contribution in [2.75, 3.05) is 19.7 Å². The summed E-state index contributed by atoms with van der Waals surface area (Å²) in [7, 11) is 0. The van der Waals surface area contributed by atoms with Gasteiger partial charge in [0.05, 0.1) is 12.5 Å². The summed E-state index contributed by atoms with van der Waals surface area (Å²) < 4.78 is 7.17. The SMILES string of the molecule is CCOC(=O)[C@@H]1CCCN(C(=O)c2cccn2C2CC2)C1. The van der Waals surface area contributed by atoms with Gasteiger partial charge in [0.1, 0.15) is 5.69 Å². The van der Waals surface area contributed by atoms with Gasteiger partial charge in [0.15, 0.2) is 0 Å². The lowest BCUT2D eigenvalue weighted by Gasteiger charge is -2.31.